The Kier molecular flexibility index (Phi) is 5.27. The summed E-state index contributed by atoms with van der Waals surface area (Å²) in [4.78, 5) is 4.76. The van der Waals surface area contributed by atoms with Gasteiger partial charge in [0, 0.05) is 36.7 Å². The van der Waals surface area contributed by atoms with Gasteiger partial charge in [0.1, 0.15) is 0 Å². The first kappa shape index (κ1) is 17.6. The highest BCUT2D eigenvalue weighted by molar-refractivity contribution is 5.20. The Morgan fingerprint density at radius 3 is 2.73 bits per heavy atom. The smallest absolute Gasteiger partial charge is 0.0691 e. The van der Waals surface area contributed by atoms with Crippen molar-refractivity contribution in [1.29, 1.82) is 0 Å². The number of nitrogens with one attached hydrogen (secondary N) is 1. The van der Waals surface area contributed by atoms with Crippen molar-refractivity contribution in [2.45, 2.75) is 62.5 Å². The van der Waals surface area contributed by atoms with E-state index >= 15 is 0 Å². The van der Waals surface area contributed by atoms with Gasteiger partial charge in [0.25, 0.3) is 0 Å². The third kappa shape index (κ3) is 3.79. The molecule has 4 rings (SSSR count). The zero-order chi connectivity index (χ0) is 17.7. The number of hydrogen-bond donors (Lipinski definition) is 1. The fourth-order valence-electron chi connectivity index (χ4n) is 4.78. The van der Waals surface area contributed by atoms with Crippen LogP contribution in [0.5, 0.6) is 0 Å². The highest BCUT2D eigenvalue weighted by Crippen LogP contribution is 2.49. The molecule has 0 amide bonds. The van der Waals surface area contributed by atoms with E-state index < -0.39 is 0 Å². The summed E-state index contributed by atoms with van der Waals surface area (Å²) < 4.78 is 6.32. The Morgan fingerprint density at radius 1 is 1.04 bits per heavy atom. The molecule has 138 valence electrons. The van der Waals surface area contributed by atoms with Crippen molar-refractivity contribution in [2.24, 2.45) is 0 Å². The summed E-state index contributed by atoms with van der Waals surface area (Å²) in [6.45, 7) is 2.65. The third-order valence-electron chi connectivity index (χ3n) is 6.13. The average Bonchev–Trinajstić information content (AvgIpc) is 3.14. The highest BCUT2D eigenvalue weighted by atomic mass is 16.5. The molecule has 1 saturated heterocycles. The molecule has 2 aromatic rings. The largest absolute Gasteiger partial charge is 0.375 e. The van der Waals surface area contributed by atoms with Gasteiger partial charge in [0.05, 0.1) is 11.8 Å². The second kappa shape index (κ2) is 7.80. The van der Waals surface area contributed by atoms with Crippen molar-refractivity contribution < 1.29 is 4.74 Å². The van der Waals surface area contributed by atoms with Crippen LogP contribution in [-0.2, 0) is 16.7 Å². The number of aromatic nitrogens is 3. The molecule has 2 aliphatic rings. The first-order chi connectivity index (χ1) is 12.8. The van der Waals surface area contributed by atoms with Crippen LogP contribution in [0.1, 0.15) is 56.2 Å². The van der Waals surface area contributed by atoms with Crippen LogP contribution in [-0.4, -0.2) is 33.9 Å². The zero-order valence-corrected chi connectivity index (χ0v) is 15.4. The van der Waals surface area contributed by atoms with E-state index in [9.17, 15) is 0 Å². The Balaban J connectivity index is 1.46. The van der Waals surface area contributed by atoms with Gasteiger partial charge in [-0.1, -0.05) is 18.9 Å². The van der Waals surface area contributed by atoms with Gasteiger partial charge in [-0.15, -0.1) is 0 Å². The van der Waals surface area contributed by atoms with E-state index in [2.05, 4.69) is 27.6 Å². The van der Waals surface area contributed by atoms with Crippen LogP contribution in [0.25, 0.3) is 0 Å². The first-order valence-electron chi connectivity index (χ1n) is 9.82. The van der Waals surface area contributed by atoms with Gasteiger partial charge in [0.2, 0.25) is 0 Å². The maximum Gasteiger partial charge on any atom is 0.0691 e. The van der Waals surface area contributed by atoms with E-state index in [4.69, 9.17) is 9.72 Å². The Labute approximate surface area is 155 Å². The molecule has 5 nitrogen and oxygen atoms in total. The fraction of sp³-hybridized carbons (Fsp3) is 0.571. The van der Waals surface area contributed by atoms with E-state index in [1.54, 1.807) is 6.20 Å². The molecule has 0 bridgehead atoms. The van der Waals surface area contributed by atoms with Crippen LogP contribution in [0.4, 0.5) is 0 Å². The van der Waals surface area contributed by atoms with Gasteiger partial charge in [-0.2, -0.15) is 10.2 Å². The maximum atomic E-state index is 6.32. The van der Waals surface area contributed by atoms with E-state index in [-0.39, 0.29) is 11.0 Å². The summed E-state index contributed by atoms with van der Waals surface area (Å²) in [6.07, 6.45) is 13.8. The van der Waals surface area contributed by atoms with Gasteiger partial charge < -0.3 is 10.1 Å². The maximum absolute atomic E-state index is 6.32. The van der Waals surface area contributed by atoms with E-state index in [1.165, 1.54) is 36.9 Å². The molecule has 2 aromatic heterocycles. The summed E-state index contributed by atoms with van der Waals surface area (Å²) in [6, 6.07) is 8.35. The minimum Gasteiger partial charge on any atom is -0.375 e. The van der Waals surface area contributed by atoms with Gasteiger partial charge in [-0.3, -0.25) is 4.98 Å². The normalized spacial score (nSPS) is 24.8. The summed E-state index contributed by atoms with van der Waals surface area (Å²) in [5, 5.41) is 11.4. The van der Waals surface area contributed by atoms with Gasteiger partial charge in [-0.25, -0.2) is 0 Å². The number of pyridine rings is 1. The number of hydrogen-bond acceptors (Lipinski definition) is 5. The Morgan fingerprint density at radius 2 is 1.96 bits per heavy atom. The third-order valence-corrected chi connectivity index (χ3v) is 6.13. The molecule has 0 aromatic carbocycles. The van der Waals surface area contributed by atoms with E-state index in [0.717, 1.165) is 39.0 Å². The molecule has 2 fully saturated rings. The van der Waals surface area contributed by atoms with Crippen LogP contribution in [0, 0.1) is 0 Å². The van der Waals surface area contributed by atoms with Gasteiger partial charge in [-0.05, 0) is 62.4 Å². The van der Waals surface area contributed by atoms with Crippen molar-refractivity contribution in [3.05, 3.63) is 54.1 Å². The van der Waals surface area contributed by atoms with Crippen LogP contribution in [0.15, 0.2) is 42.9 Å². The molecule has 5 heteroatoms. The molecule has 0 radical (unpaired) electrons. The van der Waals surface area contributed by atoms with Crippen molar-refractivity contribution in [1.82, 2.24) is 20.5 Å². The van der Waals surface area contributed by atoms with Gasteiger partial charge in [0.15, 0.2) is 0 Å². The predicted molar refractivity (Wildman–Crippen MR) is 101 cm³/mol. The Bertz CT molecular complexity index is 688. The molecule has 26 heavy (non-hydrogen) atoms. The van der Waals surface area contributed by atoms with Crippen LogP contribution in [0.2, 0.25) is 0 Å². The van der Waals surface area contributed by atoms with Crippen molar-refractivity contribution in [2.75, 3.05) is 13.2 Å². The van der Waals surface area contributed by atoms with Crippen molar-refractivity contribution >= 4 is 0 Å². The average molecular weight is 352 g/mol. The molecule has 1 saturated carbocycles. The molecule has 3 heterocycles. The van der Waals surface area contributed by atoms with E-state index in [1.807, 2.05) is 24.5 Å². The highest BCUT2D eigenvalue weighted by Gasteiger charge is 2.48. The lowest BCUT2D eigenvalue weighted by atomic mass is 9.68. The molecule has 1 unspecified atom stereocenters. The summed E-state index contributed by atoms with van der Waals surface area (Å²) in [5.41, 5.74) is 2.62. The quantitative estimate of drug-likeness (QED) is 0.807. The minimum atomic E-state index is 0.0881. The topological polar surface area (TPSA) is 59.9 Å². The molecule has 1 atom stereocenters. The summed E-state index contributed by atoms with van der Waals surface area (Å²) in [5.74, 6) is 0. The second-order valence-electron chi connectivity index (χ2n) is 7.84. The molecule has 1 spiro atoms. The minimum absolute atomic E-state index is 0.0881. The lowest BCUT2D eigenvalue weighted by molar-refractivity contribution is -0.104. The predicted octanol–water partition coefficient (Wildman–Crippen LogP) is 3.41. The first-order valence-corrected chi connectivity index (χ1v) is 9.82. The number of ether oxygens (including phenoxy) is 1. The lowest BCUT2D eigenvalue weighted by Gasteiger charge is -2.46. The molecule has 1 aliphatic carbocycles. The lowest BCUT2D eigenvalue weighted by Crippen LogP contribution is -2.47. The van der Waals surface area contributed by atoms with Crippen molar-refractivity contribution in [3.63, 3.8) is 0 Å². The SMILES string of the molecule is c1ccc(C2(CCNCc3ccnnc3)CCOC3(CCCC3)C2)nc1. The fourth-order valence-corrected chi connectivity index (χ4v) is 4.78. The second-order valence-corrected chi connectivity index (χ2v) is 7.84. The van der Waals surface area contributed by atoms with Gasteiger partial charge >= 0.3 is 0 Å². The molecule has 1 aliphatic heterocycles. The monoisotopic (exact) mass is 352 g/mol. The summed E-state index contributed by atoms with van der Waals surface area (Å²) in [7, 11) is 0. The van der Waals surface area contributed by atoms with Crippen LogP contribution >= 0.6 is 0 Å². The molecular formula is C21H28N4O. The number of nitrogens with zero attached hydrogens (tertiary/aromatic N) is 3. The van der Waals surface area contributed by atoms with Crippen LogP contribution < -0.4 is 5.32 Å². The zero-order valence-electron chi connectivity index (χ0n) is 15.4. The summed E-state index contributed by atoms with van der Waals surface area (Å²) >= 11 is 0. The van der Waals surface area contributed by atoms with Crippen LogP contribution in [0.3, 0.4) is 0 Å². The van der Waals surface area contributed by atoms with Crippen molar-refractivity contribution in [3.8, 4) is 0 Å². The number of rotatable bonds is 6. The molecule has 1 N–H and O–H groups in total. The molecular weight excluding hydrogens is 324 g/mol. The standard InChI is InChI=1S/C21H28N4O/c1-4-11-23-19(5-1)20(9-13-22-15-18-6-12-24-25-16-18)10-14-26-21(17-20)7-2-3-8-21/h1,4-6,11-12,16,22H,2-3,7-10,13-15,17H2. The van der Waals surface area contributed by atoms with E-state index in [0.29, 0.717) is 0 Å². The Hall–Kier alpha value is -1.85.